The quantitative estimate of drug-likeness (QED) is 0.804. The van der Waals surface area contributed by atoms with Crippen molar-refractivity contribution in [2.24, 2.45) is 0 Å². The van der Waals surface area contributed by atoms with Gasteiger partial charge in [0.15, 0.2) is 0 Å². The second-order valence-electron chi connectivity index (χ2n) is 4.02. The van der Waals surface area contributed by atoms with E-state index in [1.807, 2.05) is 29.8 Å². The number of rotatable bonds is 5. The first-order chi connectivity index (χ1) is 8.10. The van der Waals surface area contributed by atoms with Gasteiger partial charge in [0.25, 0.3) is 0 Å². The smallest absolute Gasteiger partial charge is 0.143 e. The zero-order valence-electron chi connectivity index (χ0n) is 10.4. The van der Waals surface area contributed by atoms with Gasteiger partial charge in [-0.2, -0.15) is 17.0 Å². The highest BCUT2D eigenvalue weighted by atomic mass is 32.2. The third-order valence-corrected chi connectivity index (χ3v) is 3.53. The lowest BCUT2D eigenvalue weighted by atomic mass is 10.1. The van der Waals surface area contributed by atoms with Crippen LogP contribution in [-0.2, 0) is 0 Å². The molecular formula is C13H17FN2S. The van der Waals surface area contributed by atoms with E-state index >= 15 is 0 Å². The Bertz CT molecular complexity index is 414. The Balaban J connectivity index is 2.79. The molecule has 0 heterocycles. The van der Waals surface area contributed by atoms with Crippen LogP contribution in [0.15, 0.2) is 18.2 Å². The number of thioether (sulfide) groups is 1. The van der Waals surface area contributed by atoms with Gasteiger partial charge in [-0.3, -0.25) is 0 Å². The van der Waals surface area contributed by atoms with Gasteiger partial charge in [0.1, 0.15) is 11.9 Å². The molecule has 0 spiro atoms. The highest BCUT2D eigenvalue weighted by molar-refractivity contribution is 7.98. The Morgan fingerprint density at radius 1 is 1.53 bits per heavy atom. The summed E-state index contributed by atoms with van der Waals surface area (Å²) >= 11 is 1.81. The standard InChI is InChI=1S/C13H17FN2S/c1-10(6-7-17-3)16(2)12-5-4-11(9-15)13(14)8-12/h4-5,8,10H,6-7H2,1-3H3. The summed E-state index contributed by atoms with van der Waals surface area (Å²) in [7, 11) is 1.95. The number of nitrogens with zero attached hydrogens (tertiary/aromatic N) is 2. The van der Waals surface area contributed by atoms with Gasteiger partial charge in [0.05, 0.1) is 5.56 Å². The minimum absolute atomic E-state index is 0.0962. The monoisotopic (exact) mass is 252 g/mol. The van der Waals surface area contributed by atoms with Crippen molar-refractivity contribution in [3.05, 3.63) is 29.6 Å². The summed E-state index contributed by atoms with van der Waals surface area (Å²) < 4.78 is 13.5. The molecular weight excluding hydrogens is 235 g/mol. The lowest BCUT2D eigenvalue weighted by Crippen LogP contribution is -2.29. The van der Waals surface area contributed by atoms with Gasteiger partial charge in [-0.25, -0.2) is 4.39 Å². The van der Waals surface area contributed by atoms with Crippen LogP contribution in [0, 0.1) is 17.1 Å². The minimum Gasteiger partial charge on any atom is -0.372 e. The number of halogens is 1. The average Bonchev–Trinajstić information content (AvgIpc) is 2.34. The third kappa shape index (κ3) is 3.64. The normalized spacial score (nSPS) is 11.9. The van der Waals surface area contributed by atoms with E-state index < -0.39 is 5.82 Å². The topological polar surface area (TPSA) is 27.0 Å². The van der Waals surface area contributed by atoms with Crippen molar-refractivity contribution in [2.45, 2.75) is 19.4 Å². The van der Waals surface area contributed by atoms with Gasteiger partial charge >= 0.3 is 0 Å². The van der Waals surface area contributed by atoms with E-state index in [1.165, 1.54) is 12.1 Å². The molecule has 1 atom stereocenters. The van der Waals surface area contributed by atoms with Gasteiger partial charge in [-0.05, 0) is 43.6 Å². The fraction of sp³-hybridized carbons (Fsp3) is 0.462. The van der Waals surface area contributed by atoms with Crippen LogP contribution in [0.25, 0.3) is 0 Å². The number of anilines is 1. The van der Waals surface area contributed by atoms with Gasteiger partial charge in [0.2, 0.25) is 0 Å². The summed E-state index contributed by atoms with van der Waals surface area (Å²) in [5.41, 5.74) is 0.911. The van der Waals surface area contributed by atoms with E-state index in [4.69, 9.17) is 5.26 Å². The van der Waals surface area contributed by atoms with E-state index in [2.05, 4.69) is 13.2 Å². The Morgan fingerprint density at radius 3 is 2.76 bits per heavy atom. The number of nitriles is 1. The molecule has 17 heavy (non-hydrogen) atoms. The van der Waals surface area contributed by atoms with Crippen molar-refractivity contribution < 1.29 is 4.39 Å². The summed E-state index contributed by atoms with van der Waals surface area (Å²) in [6, 6.07) is 6.93. The predicted molar refractivity (Wildman–Crippen MR) is 72.0 cm³/mol. The highest BCUT2D eigenvalue weighted by Gasteiger charge is 2.11. The second kappa shape index (κ2) is 6.51. The maximum absolute atomic E-state index is 13.5. The van der Waals surface area contributed by atoms with E-state index in [0.717, 1.165) is 17.9 Å². The molecule has 0 aliphatic rings. The lowest BCUT2D eigenvalue weighted by molar-refractivity contribution is 0.618. The fourth-order valence-electron chi connectivity index (χ4n) is 1.55. The summed E-state index contributed by atoms with van der Waals surface area (Å²) in [4.78, 5) is 2.04. The van der Waals surface area contributed by atoms with Crippen LogP contribution in [0.1, 0.15) is 18.9 Å². The van der Waals surface area contributed by atoms with Crippen LogP contribution >= 0.6 is 11.8 Å². The van der Waals surface area contributed by atoms with Crippen LogP contribution in [0.3, 0.4) is 0 Å². The average molecular weight is 252 g/mol. The summed E-state index contributed by atoms with van der Waals surface area (Å²) in [6.07, 6.45) is 3.13. The predicted octanol–water partition coefficient (Wildman–Crippen LogP) is 3.28. The summed E-state index contributed by atoms with van der Waals surface area (Å²) in [5, 5.41) is 8.67. The number of benzene rings is 1. The maximum Gasteiger partial charge on any atom is 0.143 e. The number of hydrogen-bond acceptors (Lipinski definition) is 3. The Labute approximate surface area is 106 Å². The van der Waals surface area contributed by atoms with Gasteiger partial charge in [0, 0.05) is 18.8 Å². The van der Waals surface area contributed by atoms with Crippen LogP contribution < -0.4 is 4.90 Å². The van der Waals surface area contributed by atoms with E-state index in [-0.39, 0.29) is 5.56 Å². The van der Waals surface area contributed by atoms with Crippen molar-refractivity contribution >= 4 is 17.4 Å². The number of hydrogen-bond donors (Lipinski definition) is 0. The molecule has 1 aromatic rings. The zero-order valence-corrected chi connectivity index (χ0v) is 11.2. The molecule has 0 aliphatic carbocycles. The van der Waals surface area contributed by atoms with Gasteiger partial charge < -0.3 is 4.90 Å². The first kappa shape index (κ1) is 13.9. The van der Waals surface area contributed by atoms with Crippen LogP contribution in [-0.4, -0.2) is 25.1 Å². The van der Waals surface area contributed by atoms with Crippen molar-refractivity contribution in [3.63, 3.8) is 0 Å². The SMILES string of the molecule is CSCCC(C)N(C)c1ccc(C#N)c(F)c1. The molecule has 92 valence electrons. The van der Waals surface area contributed by atoms with E-state index in [9.17, 15) is 4.39 Å². The molecule has 0 aromatic heterocycles. The van der Waals surface area contributed by atoms with Crippen LogP contribution in [0.4, 0.5) is 10.1 Å². The Kier molecular flexibility index (Phi) is 5.30. The molecule has 2 nitrogen and oxygen atoms in total. The molecule has 0 fully saturated rings. The van der Waals surface area contributed by atoms with E-state index in [0.29, 0.717) is 6.04 Å². The molecule has 0 bridgehead atoms. The molecule has 0 saturated carbocycles. The molecule has 4 heteroatoms. The highest BCUT2D eigenvalue weighted by Crippen LogP contribution is 2.20. The van der Waals surface area contributed by atoms with Crippen LogP contribution in [0.5, 0.6) is 0 Å². The van der Waals surface area contributed by atoms with Crippen molar-refractivity contribution in [2.75, 3.05) is 24.0 Å². The maximum atomic E-state index is 13.5. The van der Waals surface area contributed by atoms with Crippen molar-refractivity contribution in [3.8, 4) is 6.07 Å². The molecule has 0 N–H and O–H groups in total. The zero-order chi connectivity index (χ0) is 12.8. The van der Waals surface area contributed by atoms with Crippen molar-refractivity contribution in [1.29, 1.82) is 5.26 Å². The van der Waals surface area contributed by atoms with E-state index in [1.54, 1.807) is 6.07 Å². The van der Waals surface area contributed by atoms with Crippen LogP contribution in [0.2, 0.25) is 0 Å². The Hall–Kier alpha value is -1.21. The summed E-state index contributed by atoms with van der Waals surface area (Å²) in [5.74, 6) is 0.637. The Morgan fingerprint density at radius 2 is 2.24 bits per heavy atom. The lowest BCUT2D eigenvalue weighted by Gasteiger charge is -2.27. The molecule has 1 unspecified atom stereocenters. The molecule has 1 aromatic carbocycles. The molecule has 0 amide bonds. The largest absolute Gasteiger partial charge is 0.372 e. The first-order valence-corrected chi connectivity index (χ1v) is 6.91. The molecule has 0 radical (unpaired) electrons. The third-order valence-electron chi connectivity index (χ3n) is 2.88. The molecule has 0 aliphatic heterocycles. The van der Waals surface area contributed by atoms with Gasteiger partial charge in [-0.15, -0.1) is 0 Å². The van der Waals surface area contributed by atoms with Crippen molar-refractivity contribution in [1.82, 2.24) is 0 Å². The summed E-state index contributed by atoms with van der Waals surface area (Å²) in [6.45, 7) is 2.12. The minimum atomic E-state index is -0.450. The molecule has 0 saturated heterocycles. The second-order valence-corrected chi connectivity index (χ2v) is 5.00. The van der Waals surface area contributed by atoms with Gasteiger partial charge in [-0.1, -0.05) is 0 Å². The molecule has 1 rings (SSSR count). The fourth-order valence-corrected chi connectivity index (χ4v) is 2.13. The first-order valence-electron chi connectivity index (χ1n) is 5.51.